The smallest absolute Gasteiger partial charge is 0.475 e. The van der Waals surface area contributed by atoms with Crippen LogP contribution in [0.4, 0.5) is 23.2 Å². The second kappa shape index (κ2) is 11.3. The standard InChI is InChI=1S/C18H20FN3O2.C2HF3O2/c19-14-1-5-16(6-2-14)24-17-7-3-15(4-8-17)21-18(23)13-22-11-9-20-10-12-22;3-2(4,5)1(6)7/h1-8,20H,9-13H2,(H,21,23);(H,6,7). The van der Waals surface area contributed by atoms with Crippen molar-refractivity contribution in [3.63, 3.8) is 0 Å². The molecule has 0 radical (unpaired) electrons. The van der Waals surface area contributed by atoms with E-state index in [1.54, 1.807) is 36.4 Å². The van der Waals surface area contributed by atoms with Crippen molar-refractivity contribution in [3.05, 3.63) is 54.3 Å². The van der Waals surface area contributed by atoms with Crippen molar-refractivity contribution in [2.24, 2.45) is 0 Å². The zero-order chi connectivity index (χ0) is 22.9. The van der Waals surface area contributed by atoms with Crippen molar-refractivity contribution in [2.75, 3.05) is 38.0 Å². The Morgan fingerprint density at radius 3 is 1.97 bits per heavy atom. The molecule has 0 unspecified atom stereocenters. The molecule has 0 atom stereocenters. The largest absolute Gasteiger partial charge is 0.490 e. The van der Waals surface area contributed by atoms with Gasteiger partial charge in [-0.3, -0.25) is 9.69 Å². The molecule has 3 N–H and O–H groups in total. The highest BCUT2D eigenvalue weighted by Crippen LogP contribution is 2.23. The number of hydrogen-bond donors (Lipinski definition) is 3. The van der Waals surface area contributed by atoms with Crippen molar-refractivity contribution < 1.29 is 37.0 Å². The molecular formula is C20H21F4N3O4. The molecule has 0 bridgehead atoms. The van der Waals surface area contributed by atoms with E-state index in [1.807, 2.05) is 0 Å². The Hall–Kier alpha value is -3.18. The third-order valence-electron chi connectivity index (χ3n) is 4.01. The number of nitrogens with one attached hydrogen (secondary N) is 2. The van der Waals surface area contributed by atoms with Crippen molar-refractivity contribution in [1.82, 2.24) is 10.2 Å². The lowest BCUT2D eigenvalue weighted by Gasteiger charge is -2.26. The van der Waals surface area contributed by atoms with Crippen LogP contribution in [0, 0.1) is 5.82 Å². The van der Waals surface area contributed by atoms with Crippen LogP contribution in [0.25, 0.3) is 0 Å². The third kappa shape index (κ3) is 9.01. The van der Waals surface area contributed by atoms with Gasteiger partial charge in [0.15, 0.2) is 0 Å². The highest BCUT2D eigenvalue weighted by Gasteiger charge is 2.38. The second-order valence-corrected chi connectivity index (χ2v) is 6.46. The Morgan fingerprint density at radius 2 is 1.48 bits per heavy atom. The Morgan fingerprint density at radius 1 is 1.00 bits per heavy atom. The minimum atomic E-state index is -5.08. The van der Waals surface area contributed by atoms with Gasteiger partial charge in [0.2, 0.25) is 5.91 Å². The second-order valence-electron chi connectivity index (χ2n) is 6.46. The van der Waals surface area contributed by atoms with Gasteiger partial charge in [-0.1, -0.05) is 0 Å². The van der Waals surface area contributed by atoms with Gasteiger partial charge in [0.05, 0.1) is 6.54 Å². The molecule has 31 heavy (non-hydrogen) atoms. The Balaban J connectivity index is 0.000000423. The number of anilines is 1. The van der Waals surface area contributed by atoms with E-state index in [-0.39, 0.29) is 11.7 Å². The lowest BCUT2D eigenvalue weighted by Crippen LogP contribution is -2.46. The van der Waals surface area contributed by atoms with E-state index in [9.17, 15) is 22.4 Å². The first-order chi connectivity index (χ1) is 14.6. The Kier molecular flexibility index (Phi) is 8.76. The van der Waals surface area contributed by atoms with E-state index in [0.29, 0.717) is 18.0 Å². The molecule has 0 saturated carbocycles. The number of carbonyl (C=O) groups is 2. The molecular weight excluding hydrogens is 422 g/mol. The molecule has 7 nitrogen and oxygen atoms in total. The minimum Gasteiger partial charge on any atom is -0.475 e. The number of carbonyl (C=O) groups excluding carboxylic acids is 1. The average molecular weight is 443 g/mol. The van der Waals surface area contributed by atoms with Gasteiger partial charge in [-0.15, -0.1) is 0 Å². The minimum absolute atomic E-state index is 0.0240. The van der Waals surface area contributed by atoms with Crippen molar-refractivity contribution in [3.8, 4) is 11.5 Å². The highest BCUT2D eigenvalue weighted by molar-refractivity contribution is 5.92. The van der Waals surface area contributed by atoms with Crippen molar-refractivity contribution >= 4 is 17.6 Å². The van der Waals surface area contributed by atoms with E-state index in [4.69, 9.17) is 14.6 Å². The number of hydrogen-bond acceptors (Lipinski definition) is 5. The number of halogens is 4. The molecule has 3 rings (SSSR count). The van der Waals surface area contributed by atoms with E-state index < -0.39 is 12.1 Å². The molecule has 0 spiro atoms. The number of carboxylic acid groups (broad SMARTS) is 1. The number of rotatable bonds is 5. The van der Waals surface area contributed by atoms with E-state index >= 15 is 0 Å². The summed E-state index contributed by atoms with van der Waals surface area (Å²) in [6, 6.07) is 12.9. The van der Waals surface area contributed by atoms with Gasteiger partial charge in [0.25, 0.3) is 0 Å². The molecule has 1 aliphatic heterocycles. The number of piperazine rings is 1. The van der Waals surface area contributed by atoms with Crippen LogP contribution in [0.15, 0.2) is 48.5 Å². The highest BCUT2D eigenvalue weighted by atomic mass is 19.4. The molecule has 2 aromatic carbocycles. The van der Waals surface area contributed by atoms with Gasteiger partial charge in [0.1, 0.15) is 17.3 Å². The number of nitrogens with zero attached hydrogens (tertiary/aromatic N) is 1. The first-order valence-electron chi connectivity index (χ1n) is 9.20. The molecule has 1 amide bonds. The number of benzene rings is 2. The topological polar surface area (TPSA) is 90.9 Å². The molecule has 2 aromatic rings. The molecule has 168 valence electrons. The summed E-state index contributed by atoms with van der Waals surface area (Å²) in [5, 5.41) is 13.3. The summed E-state index contributed by atoms with van der Waals surface area (Å²) >= 11 is 0. The zero-order valence-electron chi connectivity index (χ0n) is 16.3. The van der Waals surface area contributed by atoms with Crippen LogP contribution in [0.1, 0.15) is 0 Å². The third-order valence-corrected chi connectivity index (χ3v) is 4.01. The van der Waals surface area contributed by atoms with E-state index in [1.165, 1.54) is 12.1 Å². The van der Waals surface area contributed by atoms with Crippen LogP contribution in [0.3, 0.4) is 0 Å². The molecule has 0 aliphatic carbocycles. The van der Waals surface area contributed by atoms with Gasteiger partial charge in [-0.25, -0.2) is 9.18 Å². The fourth-order valence-electron chi connectivity index (χ4n) is 2.52. The lowest BCUT2D eigenvalue weighted by molar-refractivity contribution is -0.192. The van der Waals surface area contributed by atoms with E-state index in [0.717, 1.165) is 31.9 Å². The first kappa shape index (κ1) is 24.1. The van der Waals surface area contributed by atoms with Crippen LogP contribution in [0.5, 0.6) is 11.5 Å². The summed E-state index contributed by atoms with van der Waals surface area (Å²) < 4.78 is 50.2. The number of carboxylic acids is 1. The van der Waals surface area contributed by atoms with Crippen molar-refractivity contribution in [2.45, 2.75) is 6.18 Å². The fraction of sp³-hybridized carbons (Fsp3) is 0.300. The van der Waals surface area contributed by atoms with Crippen LogP contribution in [-0.2, 0) is 9.59 Å². The first-order valence-corrected chi connectivity index (χ1v) is 9.20. The van der Waals surface area contributed by atoms with Gasteiger partial charge >= 0.3 is 12.1 Å². The van der Waals surface area contributed by atoms with Crippen molar-refractivity contribution in [1.29, 1.82) is 0 Å². The maximum Gasteiger partial charge on any atom is 0.490 e. The molecule has 1 saturated heterocycles. The Bertz CT molecular complexity index is 852. The normalized spacial score (nSPS) is 14.2. The monoisotopic (exact) mass is 443 g/mol. The van der Waals surface area contributed by atoms with Crippen LogP contribution in [-0.4, -0.2) is 60.8 Å². The summed E-state index contributed by atoms with van der Waals surface area (Å²) in [5.74, 6) is -1.89. The average Bonchev–Trinajstić information content (AvgIpc) is 2.71. The summed E-state index contributed by atoms with van der Waals surface area (Å²) in [6.07, 6.45) is -5.08. The number of amides is 1. The molecule has 1 heterocycles. The molecule has 0 aromatic heterocycles. The molecule has 1 fully saturated rings. The maximum absolute atomic E-state index is 12.9. The summed E-state index contributed by atoms with van der Waals surface area (Å²) in [4.78, 5) is 23.1. The quantitative estimate of drug-likeness (QED) is 0.616. The van der Waals surface area contributed by atoms with Crippen LogP contribution >= 0.6 is 0 Å². The lowest BCUT2D eigenvalue weighted by atomic mass is 10.3. The maximum atomic E-state index is 12.9. The Labute approximate surface area is 175 Å². The number of aliphatic carboxylic acids is 1. The summed E-state index contributed by atoms with van der Waals surface area (Å²) in [5.41, 5.74) is 0.724. The van der Waals surface area contributed by atoms with Crippen LogP contribution in [0.2, 0.25) is 0 Å². The molecule has 1 aliphatic rings. The predicted octanol–water partition coefficient (Wildman–Crippen LogP) is 3.10. The van der Waals surface area contributed by atoms with E-state index in [2.05, 4.69) is 15.5 Å². The summed E-state index contributed by atoms with van der Waals surface area (Å²) in [7, 11) is 0. The fourth-order valence-corrected chi connectivity index (χ4v) is 2.52. The predicted molar refractivity (Wildman–Crippen MR) is 105 cm³/mol. The van der Waals surface area contributed by atoms with Crippen LogP contribution < -0.4 is 15.4 Å². The zero-order valence-corrected chi connectivity index (χ0v) is 16.3. The number of alkyl halides is 3. The van der Waals surface area contributed by atoms with Gasteiger partial charge in [-0.2, -0.15) is 13.2 Å². The van der Waals surface area contributed by atoms with Gasteiger partial charge in [-0.05, 0) is 48.5 Å². The molecule has 11 heteroatoms. The van der Waals surface area contributed by atoms with Gasteiger partial charge < -0.3 is 20.5 Å². The number of ether oxygens (including phenoxy) is 1. The SMILES string of the molecule is O=C(CN1CCNCC1)Nc1ccc(Oc2ccc(F)cc2)cc1.O=C(O)C(F)(F)F. The summed E-state index contributed by atoms with van der Waals surface area (Å²) in [6.45, 7) is 4.01. The van der Waals surface area contributed by atoms with Gasteiger partial charge in [0, 0.05) is 31.9 Å².